The summed E-state index contributed by atoms with van der Waals surface area (Å²) in [4.78, 5) is 5.25. The van der Waals surface area contributed by atoms with Gasteiger partial charge in [0.25, 0.3) is 0 Å². The number of nitrogens with zero attached hydrogens (tertiary/aromatic N) is 1. The van der Waals surface area contributed by atoms with E-state index < -0.39 is 0 Å². The van der Waals surface area contributed by atoms with E-state index in [9.17, 15) is 5.11 Å². The summed E-state index contributed by atoms with van der Waals surface area (Å²) >= 11 is 1.46. The normalized spacial score (nSPS) is 10.7. The first-order valence-electron chi connectivity index (χ1n) is 5.99. The van der Waals surface area contributed by atoms with Crippen molar-refractivity contribution in [3.63, 3.8) is 0 Å². The Morgan fingerprint density at radius 3 is 2.84 bits per heavy atom. The van der Waals surface area contributed by atoms with Crippen molar-refractivity contribution in [3.8, 4) is 5.75 Å². The maximum absolute atomic E-state index is 9.25. The van der Waals surface area contributed by atoms with Crippen LogP contribution in [-0.4, -0.2) is 17.2 Å². The molecule has 0 atom stereocenters. The molecule has 2 rings (SSSR count). The van der Waals surface area contributed by atoms with Gasteiger partial charge in [-0.2, -0.15) is 0 Å². The summed E-state index contributed by atoms with van der Waals surface area (Å²) in [5, 5.41) is 10.1. The third-order valence-corrected chi connectivity index (χ3v) is 3.65. The molecule has 1 aromatic heterocycles. The predicted octanol–water partition coefficient (Wildman–Crippen LogP) is 2.67. The van der Waals surface area contributed by atoms with E-state index in [4.69, 9.17) is 9.47 Å². The molecule has 0 amide bonds. The fourth-order valence-corrected chi connectivity index (χ4v) is 2.57. The molecule has 0 fully saturated rings. The number of aryl methyl sites for hydroxylation is 1. The first-order chi connectivity index (χ1) is 9.22. The number of aromatic nitrogens is 1. The van der Waals surface area contributed by atoms with Gasteiger partial charge in [0.1, 0.15) is 17.4 Å². The molecule has 0 saturated carbocycles. The molecule has 1 N–H and O–H groups in total. The number of rotatable bonds is 6. The number of hydrogen-bond acceptors (Lipinski definition) is 5. The predicted molar refractivity (Wildman–Crippen MR) is 74.3 cm³/mol. The molecule has 0 spiro atoms. The zero-order valence-corrected chi connectivity index (χ0v) is 11.9. The molecule has 1 heterocycles. The topological polar surface area (TPSA) is 51.6 Å². The van der Waals surface area contributed by atoms with Gasteiger partial charge in [-0.3, -0.25) is 0 Å². The molecule has 2 aromatic rings. The Labute approximate surface area is 116 Å². The third-order valence-electron chi connectivity index (χ3n) is 2.60. The molecule has 0 unspecified atom stereocenters. The highest BCUT2D eigenvalue weighted by atomic mass is 32.1. The Balaban J connectivity index is 2.03. The molecule has 0 bridgehead atoms. The van der Waals surface area contributed by atoms with Gasteiger partial charge >= 0.3 is 0 Å². The van der Waals surface area contributed by atoms with E-state index in [-0.39, 0.29) is 6.61 Å². The van der Waals surface area contributed by atoms with Crippen LogP contribution in [0.25, 0.3) is 0 Å². The fraction of sp³-hybridized carbons (Fsp3) is 0.357. The summed E-state index contributed by atoms with van der Waals surface area (Å²) in [5.41, 5.74) is 1.95. The van der Waals surface area contributed by atoms with Crippen LogP contribution < -0.4 is 4.74 Å². The second-order valence-corrected chi connectivity index (χ2v) is 5.34. The number of hydrogen-bond donors (Lipinski definition) is 1. The molecule has 1 aromatic carbocycles. The highest BCUT2D eigenvalue weighted by molar-refractivity contribution is 7.11. The molecule has 102 valence electrons. The number of thiazole rings is 1. The van der Waals surface area contributed by atoms with Crippen LogP contribution in [0.15, 0.2) is 24.3 Å². The molecule has 19 heavy (non-hydrogen) atoms. The van der Waals surface area contributed by atoms with Crippen LogP contribution in [0.5, 0.6) is 5.75 Å². The van der Waals surface area contributed by atoms with Gasteiger partial charge in [-0.1, -0.05) is 12.1 Å². The lowest BCUT2D eigenvalue weighted by molar-refractivity contribution is 0.178. The third kappa shape index (κ3) is 3.76. The minimum absolute atomic E-state index is 0.0131. The summed E-state index contributed by atoms with van der Waals surface area (Å²) in [6, 6.07) is 7.89. The highest BCUT2D eigenvalue weighted by Gasteiger charge is 2.10. The number of benzene rings is 1. The lowest BCUT2D eigenvalue weighted by Crippen LogP contribution is -1.96. The second-order valence-electron chi connectivity index (χ2n) is 4.17. The Morgan fingerprint density at radius 1 is 1.32 bits per heavy atom. The first kappa shape index (κ1) is 14.0. The van der Waals surface area contributed by atoms with Crippen LogP contribution in [-0.2, 0) is 24.6 Å². The molecule has 0 aliphatic heterocycles. The molecule has 0 aliphatic rings. The van der Waals surface area contributed by atoms with Gasteiger partial charge in [0.15, 0.2) is 0 Å². The average molecular weight is 279 g/mol. The summed E-state index contributed by atoms with van der Waals surface area (Å²) in [5.74, 6) is 0.828. The lowest BCUT2D eigenvalue weighted by atomic mass is 10.2. The summed E-state index contributed by atoms with van der Waals surface area (Å²) in [7, 11) is 1.61. The van der Waals surface area contributed by atoms with Crippen molar-refractivity contribution in [2.24, 2.45) is 0 Å². The molecule has 5 heteroatoms. The van der Waals surface area contributed by atoms with Gasteiger partial charge in [-0.05, 0) is 24.6 Å². The van der Waals surface area contributed by atoms with Gasteiger partial charge in [0, 0.05) is 7.11 Å². The monoisotopic (exact) mass is 279 g/mol. The average Bonchev–Trinajstić information content (AvgIpc) is 2.79. The number of aliphatic hydroxyl groups is 1. The zero-order chi connectivity index (χ0) is 13.7. The smallest absolute Gasteiger partial charge is 0.140 e. The van der Waals surface area contributed by atoms with Crippen molar-refractivity contribution in [2.75, 3.05) is 7.11 Å². The fourth-order valence-electron chi connectivity index (χ4n) is 1.72. The van der Waals surface area contributed by atoms with Crippen molar-refractivity contribution in [1.82, 2.24) is 4.98 Å². The van der Waals surface area contributed by atoms with Crippen LogP contribution in [0.2, 0.25) is 0 Å². The lowest BCUT2D eigenvalue weighted by Gasteiger charge is -2.04. The van der Waals surface area contributed by atoms with Crippen molar-refractivity contribution in [3.05, 3.63) is 45.4 Å². The second kappa shape index (κ2) is 6.65. The minimum Gasteiger partial charge on any atom is -0.486 e. The van der Waals surface area contributed by atoms with Gasteiger partial charge in [-0.15, -0.1) is 11.3 Å². The Hall–Kier alpha value is -1.43. The van der Waals surface area contributed by atoms with Crippen molar-refractivity contribution in [1.29, 1.82) is 0 Å². The van der Waals surface area contributed by atoms with Crippen molar-refractivity contribution < 1.29 is 14.6 Å². The van der Waals surface area contributed by atoms with Crippen LogP contribution in [0.4, 0.5) is 0 Å². The molecule has 4 nitrogen and oxygen atoms in total. The Morgan fingerprint density at radius 2 is 2.16 bits per heavy atom. The Bertz CT molecular complexity index is 539. The number of aliphatic hydroxyl groups excluding tert-OH is 1. The van der Waals surface area contributed by atoms with Gasteiger partial charge in [0.2, 0.25) is 0 Å². The van der Waals surface area contributed by atoms with Crippen LogP contribution in [0, 0.1) is 6.92 Å². The van der Waals surface area contributed by atoms with Gasteiger partial charge in [0.05, 0.1) is 23.8 Å². The maximum Gasteiger partial charge on any atom is 0.140 e. The van der Waals surface area contributed by atoms with E-state index in [1.165, 1.54) is 11.3 Å². The zero-order valence-electron chi connectivity index (χ0n) is 11.0. The van der Waals surface area contributed by atoms with Crippen molar-refractivity contribution in [2.45, 2.75) is 26.7 Å². The molecule has 0 aliphatic carbocycles. The van der Waals surface area contributed by atoms with Gasteiger partial charge in [-0.25, -0.2) is 4.98 Å². The highest BCUT2D eigenvalue weighted by Crippen LogP contribution is 2.21. The minimum atomic E-state index is -0.0131. The molecular weight excluding hydrogens is 262 g/mol. The van der Waals surface area contributed by atoms with E-state index in [1.807, 2.05) is 31.2 Å². The van der Waals surface area contributed by atoms with Gasteiger partial charge < -0.3 is 14.6 Å². The molecule has 0 saturated heterocycles. The summed E-state index contributed by atoms with van der Waals surface area (Å²) < 4.78 is 10.7. The van der Waals surface area contributed by atoms with E-state index in [0.717, 1.165) is 26.9 Å². The standard InChI is InChI=1S/C14H17NO3S/c1-10-4-3-5-11(6-10)18-9-14-15-12(8-17-2)13(7-16)19-14/h3-6,16H,7-9H2,1-2H3. The number of ether oxygens (including phenoxy) is 2. The quantitative estimate of drug-likeness (QED) is 0.883. The van der Waals surface area contributed by atoms with E-state index >= 15 is 0 Å². The van der Waals surface area contributed by atoms with Crippen LogP contribution in [0.1, 0.15) is 21.1 Å². The largest absolute Gasteiger partial charge is 0.486 e. The van der Waals surface area contributed by atoms with E-state index in [1.54, 1.807) is 7.11 Å². The van der Waals surface area contributed by atoms with E-state index in [0.29, 0.717) is 13.2 Å². The van der Waals surface area contributed by atoms with Crippen LogP contribution in [0.3, 0.4) is 0 Å². The van der Waals surface area contributed by atoms with E-state index in [2.05, 4.69) is 4.98 Å². The van der Waals surface area contributed by atoms with Crippen molar-refractivity contribution >= 4 is 11.3 Å². The SMILES string of the molecule is COCc1nc(COc2cccc(C)c2)sc1CO. The van der Waals surface area contributed by atoms with Crippen LogP contribution >= 0.6 is 11.3 Å². The number of methoxy groups -OCH3 is 1. The maximum atomic E-state index is 9.25. The molecule has 0 radical (unpaired) electrons. The first-order valence-corrected chi connectivity index (χ1v) is 6.81. The summed E-state index contributed by atoms with van der Waals surface area (Å²) in [6.07, 6.45) is 0. The summed E-state index contributed by atoms with van der Waals surface area (Å²) in [6.45, 7) is 2.83. The molecular formula is C14H17NO3S. The Kier molecular flexibility index (Phi) is 4.90.